The molecule has 0 aromatic heterocycles. The third kappa shape index (κ3) is 3.81. The highest BCUT2D eigenvalue weighted by Crippen LogP contribution is 2.18. The second-order valence-corrected chi connectivity index (χ2v) is 6.26. The van der Waals surface area contributed by atoms with Crippen LogP contribution in [-0.2, 0) is 6.42 Å². The quantitative estimate of drug-likeness (QED) is 0.356. The SMILES string of the molecule is c1ccc(C/C(=N/Nc2ccccc2)c2ccc3ccccc3c2)cc1. The highest BCUT2D eigenvalue weighted by molar-refractivity contribution is 6.04. The zero-order valence-corrected chi connectivity index (χ0v) is 14.5. The summed E-state index contributed by atoms with van der Waals surface area (Å²) < 4.78 is 0. The van der Waals surface area contributed by atoms with Crippen molar-refractivity contribution < 1.29 is 0 Å². The minimum absolute atomic E-state index is 0.777. The standard InChI is InChI=1S/C24H20N2/c1-3-9-19(10-4-1)17-24(26-25-23-13-5-2-6-14-23)22-16-15-20-11-7-8-12-21(20)18-22/h1-16,18,25H,17H2/b26-24-. The molecule has 126 valence electrons. The first-order chi connectivity index (χ1) is 12.9. The first-order valence-corrected chi connectivity index (χ1v) is 8.79. The van der Waals surface area contributed by atoms with Crippen molar-refractivity contribution >= 4 is 22.2 Å². The molecule has 2 heteroatoms. The number of nitrogens with one attached hydrogen (secondary N) is 1. The van der Waals surface area contributed by atoms with Crippen LogP contribution in [0.3, 0.4) is 0 Å². The molecule has 0 radical (unpaired) electrons. The molecule has 0 aliphatic heterocycles. The van der Waals surface area contributed by atoms with Crippen LogP contribution in [0.5, 0.6) is 0 Å². The van der Waals surface area contributed by atoms with Crippen LogP contribution < -0.4 is 5.43 Å². The van der Waals surface area contributed by atoms with Crippen molar-refractivity contribution in [1.82, 2.24) is 0 Å². The first kappa shape index (κ1) is 16.1. The van der Waals surface area contributed by atoms with Gasteiger partial charge in [-0.3, -0.25) is 5.43 Å². The van der Waals surface area contributed by atoms with Crippen LogP contribution in [0, 0.1) is 0 Å². The maximum atomic E-state index is 4.73. The van der Waals surface area contributed by atoms with Gasteiger partial charge in [-0.2, -0.15) is 5.10 Å². The summed E-state index contributed by atoms with van der Waals surface area (Å²) in [6.45, 7) is 0. The molecule has 0 heterocycles. The highest BCUT2D eigenvalue weighted by Gasteiger charge is 2.07. The third-order valence-electron chi connectivity index (χ3n) is 4.39. The molecule has 4 rings (SSSR count). The predicted octanol–water partition coefficient (Wildman–Crippen LogP) is 5.90. The Labute approximate surface area is 153 Å². The molecule has 0 fully saturated rings. The Balaban J connectivity index is 1.70. The predicted molar refractivity (Wildman–Crippen MR) is 111 cm³/mol. The molecular weight excluding hydrogens is 316 g/mol. The molecule has 1 N–H and O–H groups in total. The van der Waals surface area contributed by atoms with Crippen LogP contribution in [0.2, 0.25) is 0 Å². The monoisotopic (exact) mass is 336 g/mol. The molecule has 0 saturated carbocycles. The summed E-state index contributed by atoms with van der Waals surface area (Å²) in [7, 11) is 0. The van der Waals surface area contributed by atoms with Gasteiger partial charge in [0.25, 0.3) is 0 Å². The highest BCUT2D eigenvalue weighted by atomic mass is 15.3. The Kier molecular flexibility index (Phi) is 4.74. The van der Waals surface area contributed by atoms with E-state index in [1.54, 1.807) is 0 Å². The molecule has 26 heavy (non-hydrogen) atoms. The lowest BCUT2D eigenvalue weighted by molar-refractivity contribution is 1.25. The zero-order valence-electron chi connectivity index (χ0n) is 14.5. The van der Waals surface area contributed by atoms with E-state index >= 15 is 0 Å². The molecule has 0 bridgehead atoms. The summed E-state index contributed by atoms with van der Waals surface area (Å²) in [4.78, 5) is 0. The van der Waals surface area contributed by atoms with Crippen molar-refractivity contribution in [3.8, 4) is 0 Å². The minimum atomic E-state index is 0.777. The lowest BCUT2D eigenvalue weighted by Crippen LogP contribution is -2.08. The van der Waals surface area contributed by atoms with E-state index in [9.17, 15) is 0 Å². The van der Waals surface area contributed by atoms with Crippen molar-refractivity contribution in [2.24, 2.45) is 5.10 Å². The van der Waals surface area contributed by atoms with Crippen LogP contribution in [-0.4, -0.2) is 5.71 Å². The maximum absolute atomic E-state index is 4.73. The molecule has 0 spiro atoms. The zero-order chi connectivity index (χ0) is 17.6. The summed E-state index contributed by atoms with van der Waals surface area (Å²) in [5.74, 6) is 0. The maximum Gasteiger partial charge on any atom is 0.0723 e. The van der Waals surface area contributed by atoms with Crippen LogP contribution >= 0.6 is 0 Å². The Morgan fingerprint density at radius 3 is 2.08 bits per heavy atom. The van der Waals surface area contributed by atoms with Gasteiger partial charge < -0.3 is 0 Å². The van der Waals surface area contributed by atoms with Gasteiger partial charge in [0.1, 0.15) is 0 Å². The molecule has 4 aromatic carbocycles. The van der Waals surface area contributed by atoms with Gasteiger partial charge in [0.05, 0.1) is 11.4 Å². The van der Waals surface area contributed by atoms with Crippen molar-refractivity contribution in [2.75, 3.05) is 5.43 Å². The Bertz CT molecular complexity index is 1020. The van der Waals surface area contributed by atoms with Crippen molar-refractivity contribution in [3.05, 3.63) is 114 Å². The molecule has 0 amide bonds. The smallest absolute Gasteiger partial charge is 0.0723 e. The fourth-order valence-corrected chi connectivity index (χ4v) is 3.01. The molecule has 0 saturated heterocycles. The number of hydrogen-bond donors (Lipinski definition) is 1. The largest absolute Gasteiger partial charge is 0.278 e. The lowest BCUT2D eigenvalue weighted by atomic mass is 9.99. The van der Waals surface area contributed by atoms with E-state index in [1.807, 2.05) is 36.4 Å². The Hall–Kier alpha value is -3.39. The number of hydrogen-bond acceptors (Lipinski definition) is 2. The summed E-state index contributed by atoms with van der Waals surface area (Å²) in [5.41, 5.74) is 7.58. The van der Waals surface area contributed by atoms with Gasteiger partial charge in [0.2, 0.25) is 0 Å². The molecule has 0 aliphatic carbocycles. The number of para-hydroxylation sites is 1. The lowest BCUT2D eigenvalue weighted by Gasteiger charge is -2.10. The van der Waals surface area contributed by atoms with Gasteiger partial charge >= 0.3 is 0 Å². The number of fused-ring (bicyclic) bond motifs is 1. The van der Waals surface area contributed by atoms with E-state index < -0.39 is 0 Å². The molecule has 4 aromatic rings. The van der Waals surface area contributed by atoms with Gasteiger partial charge in [0, 0.05) is 6.42 Å². The number of hydrazone groups is 1. The van der Waals surface area contributed by atoms with Gasteiger partial charge in [-0.05, 0) is 40.1 Å². The number of nitrogens with zero attached hydrogens (tertiary/aromatic N) is 1. The molecule has 2 nitrogen and oxygen atoms in total. The number of benzene rings is 4. The molecule has 0 unspecified atom stereocenters. The summed E-state index contributed by atoms with van der Waals surface area (Å²) in [6.07, 6.45) is 0.777. The van der Waals surface area contributed by atoms with E-state index in [0.29, 0.717) is 0 Å². The normalized spacial score (nSPS) is 11.5. The van der Waals surface area contributed by atoms with Crippen LogP contribution in [0.25, 0.3) is 10.8 Å². The van der Waals surface area contributed by atoms with E-state index in [-0.39, 0.29) is 0 Å². The fraction of sp³-hybridized carbons (Fsp3) is 0.0417. The van der Waals surface area contributed by atoms with E-state index in [1.165, 1.54) is 16.3 Å². The molecule has 0 aliphatic rings. The summed E-state index contributed by atoms with van der Waals surface area (Å²) in [6, 6.07) is 35.4. The van der Waals surface area contributed by atoms with E-state index in [2.05, 4.69) is 72.2 Å². The Morgan fingerprint density at radius 2 is 1.31 bits per heavy atom. The topological polar surface area (TPSA) is 24.4 Å². The van der Waals surface area contributed by atoms with E-state index in [0.717, 1.165) is 23.4 Å². The Morgan fingerprint density at radius 1 is 0.654 bits per heavy atom. The van der Waals surface area contributed by atoms with E-state index in [4.69, 9.17) is 5.10 Å². The average Bonchev–Trinajstić information content (AvgIpc) is 2.72. The van der Waals surface area contributed by atoms with Gasteiger partial charge in [-0.25, -0.2) is 0 Å². The number of rotatable bonds is 5. The fourth-order valence-electron chi connectivity index (χ4n) is 3.01. The molecular formula is C24H20N2. The number of anilines is 1. The minimum Gasteiger partial charge on any atom is -0.278 e. The summed E-state index contributed by atoms with van der Waals surface area (Å²) in [5, 5.41) is 7.20. The van der Waals surface area contributed by atoms with Crippen LogP contribution in [0.4, 0.5) is 5.69 Å². The van der Waals surface area contributed by atoms with Gasteiger partial charge in [-0.15, -0.1) is 0 Å². The van der Waals surface area contributed by atoms with Crippen molar-refractivity contribution in [2.45, 2.75) is 6.42 Å². The van der Waals surface area contributed by atoms with Gasteiger partial charge in [0.15, 0.2) is 0 Å². The van der Waals surface area contributed by atoms with Crippen molar-refractivity contribution in [1.29, 1.82) is 0 Å². The van der Waals surface area contributed by atoms with Crippen LogP contribution in [0.1, 0.15) is 11.1 Å². The average molecular weight is 336 g/mol. The van der Waals surface area contributed by atoms with Crippen LogP contribution in [0.15, 0.2) is 108 Å². The first-order valence-electron chi connectivity index (χ1n) is 8.79. The second kappa shape index (κ2) is 7.66. The second-order valence-electron chi connectivity index (χ2n) is 6.26. The third-order valence-corrected chi connectivity index (χ3v) is 4.39. The van der Waals surface area contributed by atoms with Gasteiger partial charge in [-0.1, -0.05) is 84.9 Å². The molecule has 0 atom stereocenters. The summed E-state index contributed by atoms with van der Waals surface area (Å²) >= 11 is 0. The van der Waals surface area contributed by atoms with Crippen molar-refractivity contribution in [3.63, 3.8) is 0 Å².